The maximum absolute atomic E-state index is 12.3. The molecule has 0 aliphatic rings. The van der Waals surface area contributed by atoms with E-state index in [9.17, 15) is 14.2 Å². The molecule has 0 spiro atoms. The highest BCUT2D eigenvalue weighted by atomic mass is 31.2. The lowest BCUT2D eigenvalue weighted by Crippen LogP contribution is -2.29. The number of phosphoric ester groups is 1. The van der Waals surface area contributed by atoms with Crippen molar-refractivity contribution in [1.82, 2.24) is 0 Å². The first-order chi connectivity index (χ1) is 22.8. The van der Waals surface area contributed by atoms with Crippen LogP contribution in [0, 0.1) is 0 Å². The summed E-state index contributed by atoms with van der Waals surface area (Å²) in [5, 5.41) is 0. The van der Waals surface area contributed by atoms with E-state index in [0.29, 0.717) is 6.42 Å². The Bertz CT molecular complexity index is 741. The zero-order chi connectivity index (χ0) is 34.7. The van der Waals surface area contributed by atoms with Gasteiger partial charge in [0.25, 0.3) is 0 Å². The van der Waals surface area contributed by atoms with Gasteiger partial charge in [0.15, 0.2) is 6.10 Å². The summed E-state index contributed by atoms with van der Waals surface area (Å²) in [4.78, 5) is 42.5. The summed E-state index contributed by atoms with van der Waals surface area (Å²) in [6.07, 6.45) is 35.7. The summed E-state index contributed by atoms with van der Waals surface area (Å²) in [7, 11) is -4.74. The van der Waals surface area contributed by atoms with Crippen LogP contribution in [-0.4, -0.2) is 41.0 Å². The van der Waals surface area contributed by atoms with Crippen molar-refractivity contribution in [2.24, 2.45) is 0 Å². The fourth-order valence-corrected chi connectivity index (χ4v) is 6.26. The van der Waals surface area contributed by atoms with Crippen molar-refractivity contribution in [2.45, 2.75) is 219 Å². The lowest BCUT2D eigenvalue weighted by Gasteiger charge is -2.18. The van der Waals surface area contributed by atoms with E-state index in [1.54, 1.807) is 0 Å². The molecule has 0 heterocycles. The van der Waals surface area contributed by atoms with Crippen LogP contribution >= 0.6 is 7.82 Å². The Kier molecular flexibility index (Phi) is 34.2. The molecule has 0 aromatic carbocycles. The molecule has 2 N–H and O–H groups in total. The molecule has 0 radical (unpaired) electrons. The number of phosphoric acid groups is 1. The summed E-state index contributed by atoms with van der Waals surface area (Å²) in [6.45, 7) is 3.66. The Balaban J connectivity index is 3.75. The summed E-state index contributed by atoms with van der Waals surface area (Å²) >= 11 is 0. The zero-order valence-electron chi connectivity index (χ0n) is 30.7. The van der Waals surface area contributed by atoms with Gasteiger partial charge in [-0.1, -0.05) is 187 Å². The molecule has 0 saturated heterocycles. The van der Waals surface area contributed by atoms with E-state index in [2.05, 4.69) is 18.4 Å². The van der Waals surface area contributed by atoms with Gasteiger partial charge in [0.1, 0.15) is 6.61 Å². The van der Waals surface area contributed by atoms with Crippen LogP contribution in [0.3, 0.4) is 0 Å². The van der Waals surface area contributed by atoms with Gasteiger partial charge in [0.2, 0.25) is 0 Å². The van der Waals surface area contributed by atoms with Crippen LogP contribution in [0.5, 0.6) is 0 Å². The SMILES string of the molecule is CCCCCCCCCCCCCCCCCCCCCCCC(=O)OC[C@H](COP(=O)(O)O)OC(=O)CCCCCCCCCC. The molecule has 0 rings (SSSR count). The van der Waals surface area contributed by atoms with E-state index in [1.165, 1.54) is 141 Å². The highest BCUT2D eigenvalue weighted by Crippen LogP contribution is 2.36. The van der Waals surface area contributed by atoms with E-state index in [4.69, 9.17) is 19.3 Å². The van der Waals surface area contributed by atoms with Gasteiger partial charge in [-0.25, -0.2) is 4.57 Å². The van der Waals surface area contributed by atoms with Crippen LogP contribution in [0.1, 0.15) is 213 Å². The molecule has 0 aromatic heterocycles. The van der Waals surface area contributed by atoms with E-state index in [0.717, 1.165) is 38.5 Å². The molecule has 0 saturated carbocycles. The van der Waals surface area contributed by atoms with E-state index in [1.807, 2.05) is 0 Å². The smallest absolute Gasteiger partial charge is 0.462 e. The van der Waals surface area contributed by atoms with Gasteiger partial charge in [-0.15, -0.1) is 0 Å². The maximum atomic E-state index is 12.3. The molecule has 8 nitrogen and oxygen atoms in total. The number of rotatable bonds is 37. The van der Waals surface area contributed by atoms with Crippen molar-refractivity contribution < 1.29 is 37.9 Å². The number of carbonyl (C=O) groups is 2. The molecule has 1 atom stereocenters. The second-order valence-electron chi connectivity index (χ2n) is 13.6. The molecule has 0 bridgehead atoms. The number of esters is 2. The molecular formula is C38H75O8P. The lowest BCUT2D eigenvalue weighted by atomic mass is 10.0. The first-order valence-corrected chi connectivity index (χ1v) is 21.4. The van der Waals surface area contributed by atoms with Crippen LogP contribution in [0.2, 0.25) is 0 Å². The summed E-state index contributed by atoms with van der Waals surface area (Å²) in [6, 6.07) is 0. The Morgan fingerprint density at radius 1 is 0.468 bits per heavy atom. The van der Waals surface area contributed by atoms with Crippen LogP contribution in [0.4, 0.5) is 0 Å². The van der Waals surface area contributed by atoms with Crippen molar-refractivity contribution in [2.75, 3.05) is 13.2 Å². The molecule has 0 unspecified atom stereocenters. The van der Waals surface area contributed by atoms with Gasteiger partial charge in [-0.05, 0) is 12.8 Å². The van der Waals surface area contributed by atoms with E-state index >= 15 is 0 Å². The summed E-state index contributed by atoms with van der Waals surface area (Å²) in [5.41, 5.74) is 0. The molecular weight excluding hydrogens is 615 g/mol. The topological polar surface area (TPSA) is 119 Å². The normalized spacial score (nSPS) is 12.3. The Morgan fingerprint density at radius 2 is 0.766 bits per heavy atom. The third kappa shape index (κ3) is 37.7. The van der Waals surface area contributed by atoms with Crippen molar-refractivity contribution in [3.05, 3.63) is 0 Å². The third-order valence-electron chi connectivity index (χ3n) is 8.88. The predicted octanol–water partition coefficient (Wildman–Crippen LogP) is 11.7. The lowest BCUT2D eigenvalue weighted by molar-refractivity contribution is -0.161. The number of carbonyl (C=O) groups excluding carboxylic acids is 2. The number of hydrogen-bond donors (Lipinski definition) is 2. The maximum Gasteiger partial charge on any atom is 0.469 e. The highest BCUT2D eigenvalue weighted by Gasteiger charge is 2.22. The minimum Gasteiger partial charge on any atom is -0.462 e. The highest BCUT2D eigenvalue weighted by molar-refractivity contribution is 7.46. The molecule has 280 valence electrons. The van der Waals surface area contributed by atoms with Crippen molar-refractivity contribution in [1.29, 1.82) is 0 Å². The molecule has 0 amide bonds. The van der Waals surface area contributed by atoms with Gasteiger partial charge in [0, 0.05) is 12.8 Å². The quantitative estimate of drug-likeness (QED) is 0.0375. The summed E-state index contributed by atoms with van der Waals surface area (Å²) in [5.74, 6) is -0.876. The average Bonchev–Trinajstić information content (AvgIpc) is 3.04. The van der Waals surface area contributed by atoms with Gasteiger partial charge in [-0.2, -0.15) is 0 Å². The Morgan fingerprint density at radius 3 is 1.09 bits per heavy atom. The van der Waals surface area contributed by atoms with Gasteiger partial charge < -0.3 is 19.3 Å². The van der Waals surface area contributed by atoms with Crippen LogP contribution in [0.25, 0.3) is 0 Å². The van der Waals surface area contributed by atoms with Gasteiger partial charge >= 0.3 is 19.8 Å². The Labute approximate surface area is 289 Å². The van der Waals surface area contributed by atoms with Crippen molar-refractivity contribution in [3.8, 4) is 0 Å². The fourth-order valence-electron chi connectivity index (χ4n) is 5.90. The largest absolute Gasteiger partial charge is 0.469 e. The fraction of sp³-hybridized carbons (Fsp3) is 0.947. The monoisotopic (exact) mass is 691 g/mol. The van der Waals surface area contributed by atoms with Crippen molar-refractivity contribution >= 4 is 19.8 Å². The predicted molar refractivity (Wildman–Crippen MR) is 193 cm³/mol. The van der Waals surface area contributed by atoms with Gasteiger partial charge in [0.05, 0.1) is 6.61 Å². The summed E-state index contributed by atoms with van der Waals surface area (Å²) < 4.78 is 26.2. The van der Waals surface area contributed by atoms with Crippen LogP contribution < -0.4 is 0 Å². The number of hydrogen-bond acceptors (Lipinski definition) is 6. The first-order valence-electron chi connectivity index (χ1n) is 19.8. The minimum atomic E-state index is -4.74. The molecule has 0 fully saturated rings. The van der Waals surface area contributed by atoms with Crippen LogP contribution in [-0.2, 0) is 28.2 Å². The Hall–Kier alpha value is -0.950. The molecule has 47 heavy (non-hydrogen) atoms. The van der Waals surface area contributed by atoms with E-state index in [-0.39, 0.29) is 19.4 Å². The molecule has 0 aliphatic carbocycles. The zero-order valence-corrected chi connectivity index (χ0v) is 31.6. The second kappa shape index (κ2) is 34.9. The molecule has 0 aliphatic heterocycles. The third-order valence-corrected chi connectivity index (χ3v) is 9.36. The van der Waals surface area contributed by atoms with Crippen LogP contribution in [0.15, 0.2) is 0 Å². The van der Waals surface area contributed by atoms with Crippen molar-refractivity contribution in [3.63, 3.8) is 0 Å². The second-order valence-corrected chi connectivity index (χ2v) is 14.9. The van der Waals surface area contributed by atoms with Gasteiger partial charge in [-0.3, -0.25) is 14.1 Å². The minimum absolute atomic E-state index is 0.217. The molecule has 9 heteroatoms. The number of unbranched alkanes of at least 4 members (excludes halogenated alkanes) is 27. The van der Waals surface area contributed by atoms with E-state index < -0.39 is 32.5 Å². The molecule has 0 aromatic rings. The first kappa shape index (κ1) is 46.0. The standard InChI is InChI=1S/C38H75O8P/c1-3-5-7-9-11-13-14-15-16-17-18-19-20-21-22-23-24-25-27-28-30-32-37(39)44-34-36(35-45-47(41,42)43)46-38(40)33-31-29-26-12-10-8-6-4-2/h36H,3-35H2,1-2H3,(H2,41,42,43)/t36-/m1/s1. The number of ether oxygens (including phenoxy) is 2. The average molecular weight is 691 g/mol.